The summed E-state index contributed by atoms with van der Waals surface area (Å²) >= 11 is 1.81. The molecule has 0 aliphatic carbocycles. The Morgan fingerprint density at radius 3 is 2.58 bits per heavy atom. The maximum absolute atomic E-state index is 9.45. The molecule has 0 amide bonds. The average Bonchev–Trinajstić information content (AvgIpc) is 2.01. The summed E-state index contributed by atoms with van der Waals surface area (Å²) in [5.74, 6) is 0.849. The predicted molar refractivity (Wildman–Crippen MR) is 54.7 cm³/mol. The lowest BCUT2D eigenvalue weighted by molar-refractivity contribution is 0.149. The zero-order chi connectivity index (χ0) is 9.40. The quantitative estimate of drug-likeness (QED) is 0.625. The molecule has 0 aromatic rings. The van der Waals surface area contributed by atoms with Crippen LogP contribution in [0.4, 0.5) is 0 Å². The number of thioether (sulfide) groups is 1. The highest BCUT2D eigenvalue weighted by molar-refractivity contribution is 7.99. The third-order valence-electron chi connectivity index (χ3n) is 1.51. The summed E-state index contributed by atoms with van der Waals surface area (Å²) in [6.45, 7) is 5.04. The van der Waals surface area contributed by atoms with Gasteiger partial charge in [-0.25, -0.2) is 0 Å². The molecule has 0 saturated heterocycles. The van der Waals surface area contributed by atoms with Crippen molar-refractivity contribution in [2.75, 3.05) is 19.5 Å². The standard InChI is InChI=1S/C9H20O2S/c1-8(2)12-7-9(10)5-4-6-11-3/h8-10H,4-7H2,1-3H3. The molecule has 0 bridgehead atoms. The molecule has 0 aromatic carbocycles. The number of ether oxygens (including phenoxy) is 1. The SMILES string of the molecule is COCCCC(O)CSC(C)C. The fraction of sp³-hybridized carbons (Fsp3) is 1.00. The van der Waals surface area contributed by atoms with Crippen LogP contribution in [0, 0.1) is 0 Å². The first kappa shape index (κ1) is 12.3. The van der Waals surface area contributed by atoms with Crippen LogP contribution in [0.2, 0.25) is 0 Å². The van der Waals surface area contributed by atoms with E-state index in [1.807, 2.05) is 0 Å². The van der Waals surface area contributed by atoms with Crippen LogP contribution in [0.5, 0.6) is 0 Å². The lowest BCUT2D eigenvalue weighted by atomic mass is 10.2. The van der Waals surface area contributed by atoms with Gasteiger partial charge in [-0.05, 0) is 18.1 Å². The molecule has 74 valence electrons. The third kappa shape index (κ3) is 8.37. The molecule has 0 saturated carbocycles. The molecule has 0 radical (unpaired) electrons. The van der Waals surface area contributed by atoms with E-state index in [9.17, 15) is 5.11 Å². The first-order valence-corrected chi connectivity index (χ1v) is 5.50. The lowest BCUT2D eigenvalue weighted by Gasteiger charge is -2.11. The van der Waals surface area contributed by atoms with Crippen LogP contribution in [-0.2, 0) is 4.74 Å². The highest BCUT2D eigenvalue weighted by Gasteiger charge is 2.04. The van der Waals surface area contributed by atoms with E-state index in [2.05, 4.69) is 13.8 Å². The van der Waals surface area contributed by atoms with Crippen LogP contribution in [0.15, 0.2) is 0 Å². The zero-order valence-electron chi connectivity index (χ0n) is 8.25. The van der Waals surface area contributed by atoms with E-state index in [0.29, 0.717) is 5.25 Å². The molecule has 0 fully saturated rings. The maximum Gasteiger partial charge on any atom is 0.0631 e. The van der Waals surface area contributed by atoms with Gasteiger partial charge in [0.05, 0.1) is 6.10 Å². The maximum atomic E-state index is 9.45. The molecule has 2 nitrogen and oxygen atoms in total. The van der Waals surface area contributed by atoms with E-state index in [-0.39, 0.29) is 6.10 Å². The molecule has 3 heteroatoms. The summed E-state index contributed by atoms with van der Waals surface area (Å²) in [4.78, 5) is 0. The number of rotatable bonds is 7. The van der Waals surface area contributed by atoms with Gasteiger partial charge < -0.3 is 9.84 Å². The van der Waals surface area contributed by atoms with Gasteiger partial charge >= 0.3 is 0 Å². The molecular formula is C9H20O2S. The summed E-state index contributed by atoms with van der Waals surface area (Å²) < 4.78 is 4.90. The Morgan fingerprint density at radius 2 is 2.08 bits per heavy atom. The van der Waals surface area contributed by atoms with Gasteiger partial charge in [0, 0.05) is 19.5 Å². The van der Waals surface area contributed by atoms with Crippen LogP contribution in [0.25, 0.3) is 0 Å². The first-order chi connectivity index (χ1) is 5.66. The minimum atomic E-state index is -0.160. The minimum absolute atomic E-state index is 0.160. The molecule has 1 atom stereocenters. The van der Waals surface area contributed by atoms with Crippen LogP contribution >= 0.6 is 11.8 Å². The summed E-state index contributed by atoms with van der Waals surface area (Å²) in [6, 6.07) is 0. The van der Waals surface area contributed by atoms with Crippen LogP contribution in [0.1, 0.15) is 26.7 Å². The average molecular weight is 192 g/mol. The summed E-state index contributed by atoms with van der Waals surface area (Å²) in [6.07, 6.45) is 1.65. The molecule has 0 aliphatic heterocycles. The van der Waals surface area contributed by atoms with E-state index in [1.165, 1.54) is 0 Å². The Balaban J connectivity index is 3.15. The van der Waals surface area contributed by atoms with Crippen LogP contribution < -0.4 is 0 Å². The number of hydrogen-bond donors (Lipinski definition) is 1. The summed E-state index contributed by atoms with van der Waals surface area (Å²) in [5, 5.41) is 10.1. The molecule has 1 unspecified atom stereocenters. The van der Waals surface area contributed by atoms with Crippen molar-refractivity contribution in [3.63, 3.8) is 0 Å². The normalized spacial score (nSPS) is 13.8. The zero-order valence-corrected chi connectivity index (χ0v) is 9.06. The Morgan fingerprint density at radius 1 is 1.42 bits per heavy atom. The van der Waals surface area contributed by atoms with E-state index in [1.54, 1.807) is 18.9 Å². The van der Waals surface area contributed by atoms with Gasteiger partial charge in [0.1, 0.15) is 0 Å². The fourth-order valence-corrected chi connectivity index (χ4v) is 1.62. The van der Waals surface area contributed by atoms with Gasteiger partial charge in [-0.2, -0.15) is 11.8 Å². The van der Waals surface area contributed by atoms with E-state index in [4.69, 9.17) is 4.74 Å². The molecule has 12 heavy (non-hydrogen) atoms. The summed E-state index contributed by atoms with van der Waals surface area (Å²) in [7, 11) is 1.69. The largest absolute Gasteiger partial charge is 0.392 e. The Kier molecular flexibility index (Phi) is 8.07. The second kappa shape index (κ2) is 7.90. The predicted octanol–water partition coefficient (Wildman–Crippen LogP) is 1.92. The van der Waals surface area contributed by atoms with Crippen molar-refractivity contribution < 1.29 is 9.84 Å². The second-order valence-corrected chi connectivity index (χ2v) is 4.78. The highest BCUT2D eigenvalue weighted by atomic mass is 32.2. The minimum Gasteiger partial charge on any atom is -0.392 e. The van der Waals surface area contributed by atoms with Crippen molar-refractivity contribution in [2.45, 2.75) is 38.0 Å². The highest BCUT2D eigenvalue weighted by Crippen LogP contribution is 2.12. The Labute approximate surface area is 79.7 Å². The van der Waals surface area contributed by atoms with Crippen molar-refractivity contribution in [1.82, 2.24) is 0 Å². The number of methoxy groups -OCH3 is 1. The van der Waals surface area contributed by atoms with Crippen LogP contribution in [-0.4, -0.2) is 35.9 Å². The molecule has 0 spiro atoms. The molecular weight excluding hydrogens is 172 g/mol. The molecule has 0 heterocycles. The van der Waals surface area contributed by atoms with Gasteiger partial charge in [0.15, 0.2) is 0 Å². The van der Waals surface area contributed by atoms with Gasteiger partial charge in [-0.15, -0.1) is 0 Å². The van der Waals surface area contributed by atoms with Crippen molar-refractivity contribution >= 4 is 11.8 Å². The number of aliphatic hydroxyl groups is 1. The van der Waals surface area contributed by atoms with E-state index in [0.717, 1.165) is 25.2 Å². The van der Waals surface area contributed by atoms with Gasteiger partial charge in [-0.1, -0.05) is 13.8 Å². The first-order valence-electron chi connectivity index (χ1n) is 4.45. The monoisotopic (exact) mass is 192 g/mol. The van der Waals surface area contributed by atoms with Crippen molar-refractivity contribution in [2.24, 2.45) is 0 Å². The summed E-state index contributed by atoms with van der Waals surface area (Å²) in [5.41, 5.74) is 0. The van der Waals surface area contributed by atoms with Gasteiger partial charge in [-0.3, -0.25) is 0 Å². The number of hydrogen-bond acceptors (Lipinski definition) is 3. The molecule has 1 N–H and O–H groups in total. The van der Waals surface area contributed by atoms with Crippen molar-refractivity contribution in [3.05, 3.63) is 0 Å². The molecule has 0 rings (SSSR count). The second-order valence-electron chi connectivity index (χ2n) is 3.17. The van der Waals surface area contributed by atoms with Crippen LogP contribution in [0.3, 0.4) is 0 Å². The molecule has 0 aliphatic rings. The van der Waals surface area contributed by atoms with Gasteiger partial charge in [0.2, 0.25) is 0 Å². The Bertz CT molecular complexity index is 96.5. The van der Waals surface area contributed by atoms with Crippen molar-refractivity contribution in [3.8, 4) is 0 Å². The number of aliphatic hydroxyl groups excluding tert-OH is 1. The van der Waals surface area contributed by atoms with E-state index >= 15 is 0 Å². The fourth-order valence-electron chi connectivity index (χ4n) is 0.850. The Hall–Kier alpha value is 0.270. The topological polar surface area (TPSA) is 29.5 Å². The van der Waals surface area contributed by atoms with E-state index < -0.39 is 0 Å². The van der Waals surface area contributed by atoms with Gasteiger partial charge in [0.25, 0.3) is 0 Å². The smallest absolute Gasteiger partial charge is 0.0631 e. The lowest BCUT2D eigenvalue weighted by Crippen LogP contribution is -2.12. The van der Waals surface area contributed by atoms with Crippen molar-refractivity contribution in [1.29, 1.82) is 0 Å². The molecule has 0 aromatic heterocycles. The third-order valence-corrected chi connectivity index (χ3v) is 2.75.